The average Bonchev–Trinajstić information content (AvgIpc) is 2.41. The maximum absolute atomic E-state index is 9.07. The normalized spacial score (nSPS) is 10.4. The summed E-state index contributed by atoms with van der Waals surface area (Å²) in [5.74, 6) is 1.34. The molecule has 0 amide bonds. The van der Waals surface area contributed by atoms with E-state index >= 15 is 0 Å². The first-order valence-corrected chi connectivity index (χ1v) is 5.97. The van der Waals surface area contributed by atoms with E-state index in [1.54, 1.807) is 24.3 Å². The van der Waals surface area contributed by atoms with E-state index in [1.807, 2.05) is 18.2 Å². The molecular weight excluding hydrogens is 250 g/mol. The monoisotopic (exact) mass is 263 g/mol. The van der Waals surface area contributed by atoms with Crippen LogP contribution >= 0.6 is 11.6 Å². The molecule has 0 radical (unpaired) electrons. The van der Waals surface area contributed by atoms with Crippen LogP contribution in [0, 0.1) is 0 Å². The minimum absolute atomic E-state index is 0.0123. The van der Waals surface area contributed by atoms with Crippen LogP contribution in [0.1, 0.15) is 11.1 Å². The largest absolute Gasteiger partial charge is 0.457 e. The number of hydrogen-bond donors (Lipinski definition) is 2. The van der Waals surface area contributed by atoms with Crippen molar-refractivity contribution in [3.05, 3.63) is 58.6 Å². The quantitative estimate of drug-likeness (QED) is 0.891. The molecule has 0 heterocycles. The Morgan fingerprint density at radius 3 is 2.72 bits per heavy atom. The highest BCUT2D eigenvalue weighted by Gasteiger charge is 2.05. The van der Waals surface area contributed by atoms with Crippen molar-refractivity contribution in [1.29, 1.82) is 0 Å². The Labute approximate surface area is 111 Å². The van der Waals surface area contributed by atoms with Gasteiger partial charge in [-0.25, -0.2) is 0 Å². The van der Waals surface area contributed by atoms with Gasteiger partial charge in [0.15, 0.2) is 0 Å². The van der Waals surface area contributed by atoms with Crippen molar-refractivity contribution in [2.24, 2.45) is 5.73 Å². The maximum atomic E-state index is 9.07. The Kier molecular flexibility index (Phi) is 4.20. The van der Waals surface area contributed by atoms with Crippen LogP contribution in [0.25, 0.3) is 0 Å². The lowest BCUT2D eigenvalue weighted by atomic mass is 10.2. The summed E-state index contributed by atoms with van der Waals surface area (Å²) in [6.07, 6.45) is 0. The van der Waals surface area contributed by atoms with Gasteiger partial charge in [0.2, 0.25) is 0 Å². The molecule has 0 atom stereocenters. The van der Waals surface area contributed by atoms with Gasteiger partial charge in [-0.2, -0.15) is 0 Å². The van der Waals surface area contributed by atoms with Crippen LogP contribution in [0.3, 0.4) is 0 Å². The Morgan fingerprint density at radius 2 is 2.00 bits per heavy atom. The second-order valence-electron chi connectivity index (χ2n) is 3.86. The van der Waals surface area contributed by atoms with Gasteiger partial charge in [-0.1, -0.05) is 23.7 Å². The van der Waals surface area contributed by atoms with Crippen LogP contribution in [0.4, 0.5) is 0 Å². The van der Waals surface area contributed by atoms with E-state index in [-0.39, 0.29) is 6.61 Å². The zero-order chi connectivity index (χ0) is 13.0. The highest BCUT2D eigenvalue weighted by Crippen LogP contribution is 2.28. The standard InChI is InChI=1S/C14H14ClNO2/c15-12-4-5-14(11(7-12)8-16)18-13-3-1-2-10(6-13)9-17/h1-7,17H,8-9,16H2. The van der Waals surface area contributed by atoms with Crippen molar-refractivity contribution < 1.29 is 9.84 Å². The van der Waals surface area contributed by atoms with Crippen molar-refractivity contribution in [2.45, 2.75) is 13.2 Å². The van der Waals surface area contributed by atoms with Crippen LogP contribution < -0.4 is 10.5 Å². The molecule has 0 fully saturated rings. The molecule has 2 rings (SSSR count). The molecule has 4 heteroatoms. The van der Waals surface area contributed by atoms with Crippen LogP contribution in [0.15, 0.2) is 42.5 Å². The van der Waals surface area contributed by atoms with Crippen molar-refractivity contribution in [1.82, 2.24) is 0 Å². The van der Waals surface area contributed by atoms with Crippen molar-refractivity contribution >= 4 is 11.6 Å². The summed E-state index contributed by atoms with van der Waals surface area (Å²) in [5.41, 5.74) is 7.30. The highest BCUT2D eigenvalue weighted by molar-refractivity contribution is 6.30. The third-order valence-corrected chi connectivity index (χ3v) is 2.79. The Hall–Kier alpha value is -1.55. The predicted octanol–water partition coefficient (Wildman–Crippen LogP) is 3.08. The summed E-state index contributed by atoms with van der Waals surface area (Å²) in [6.45, 7) is 0.344. The summed E-state index contributed by atoms with van der Waals surface area (Å²) in [5, 5.41) is 9.70. The van der Waals surface area contributed by atoms with Crippen LogP contribution in [-0.2, 0) is 13.2 Å². The summed E-state index contributed by atoms with van der Waals surface area (Å²) in [6, 6.07) is 12.6. The predicted molar refractivity (Wildman–Crippen MR) is 71.8 cm³/mol. The van der Waals surface area contributed by atoms with E-state index in [4.69, 9.17) is 27.2 Å². The number of rotatable bonds is 4. The summed E-state index contributed by atoms with van der Waals surface area (Å²) in [7, 11) is 0. The Balaban J connectivity index is 2.27. The molecule has 0 aromatic heterocycles. The Bertz CT molecular complexity index is 543. The molecule has 0 saturated carbocycles. The van der Waals surface area contributed by atoms with E-state index in [1.165, 1.54) is 0 Å². The Morgan fingerprint density at radius 1 is 1.17 bits per heavy atom. The fraction of sp³-hybridized carbons (Fsp3) is 0.143. The average molecular weight is 264 g/mol. The second-order valence-corrected chi connectivity index (χ2v) is 4.30. The highest BCUT2D eigenvalue weighted by atomic mass is 35.5. The molecule has 0 unspecified atom stereocenters. The number of hydrogen-bond acceptors (Lipinski definition) is 3. The maximum Gasteiger partial charge on any atom is 0.132 e. The molecule has 2 aromatic carbocycles. The lowest BCUT2D eigenvalue weighted by molar-refractivity contribution is 0.281. The number of halogens is 1. The molecule has 0 bridgehead atoms. The number of ether oxygens (including phenoxy) is 1. The van der Waals surface area contributed by atoms with Gasteiger partial charge in [0.25, 0.3) is 0 Å². The minimum atomic E-state index is -0.0123. The van der Waals surface area contributed by atoms with Crippen LogP contribution in [-0.4, -0.2) is 5.11 Å². The first kappa shape index (κ1) is 12.9. The molecule has 0 aliphatic carbocycles. The topological polar surface area (TPSA) is 55.5 Å². The van der Waals surface area contributed by atoms with Gasteiger partial charge in [0, 0.05) is 17.1 Å². The number of benzene rings is 2. The van der Waals surface area contributed by atoms with Crippen LogP contribution in [0.5, 0.6) is 11.5 Å². The second kappa shape index (κ2) is 5.87. The van der Waals surface area contributed by atoms with Gasteiger partial charge in [-0.05, 0) is 35.9 Å². The van der Waals surface area contributed by atoms with Gasteiger partial charge in [0.1, 0.15) is 11.5 Å². The van der Waals surface area contributed by atoms with Crippen molar-refractivity contribution in [2.75, 3.05) is 0 Å². The van der Waals surface area contributed by atoms with E-state index in [2.05, 4.69) is 0 Å². The lowest BCUT2D eigenvalue weighted by Gasteiger charge is -2.11. The molecular formula is C14H14ClNO2. The molecule has 94 valence electrons. The molecule has 18 heavy (non-hydrogen) atoms. The fourth-order valence-corrected chi connectivity index (χ4v) is 1.84. The third kappa shape index (κ3) is 3.01. The summed E-state index contributed by atoms with van der Waals surface area (Å²) < 4.78 is 5.75. The first-order valence-electron chi connectivity index (χ1n) is 5.59. The summed E-state index contributed by atoms with van der Waals surface area (Å²) >= 11 is 5.90. The van der Waals surface area contributed by atoms with Crippen LogP contribution in [0.2, 0.25) is 5.02 Å². The lowest BCUT2D eigenvalue weighted by Crippen LogP contribution is -1.99. The van der Waals surface area contributed by atoms with Gasteiger partial charge in [0.05, 0.1) is 6.61 Å². The van der Waals surface area contributed by atoms with Gasteiger partial charge in [-0.15, -0.1) is 0 Å². The fourth-order valence-electron chi connectivity index (χ4n) is 1.64. The van der Waals surface area contributed by atoms with Gasteiger partial charge >= 0.3 is 0 Å². The first-order chi connectivity index (χ1) is 8.72. The van der Waals surface area contributed by atoms with E-state index in [9.17, 15) is 0 Å². The van der Waals surface area contributed by atoms with E-state index in [0.717, 1.165) is 11.1 Å². The number of nitrogens with two attached hydrogens (primary N) is 1. The minimum Gasteiger partial charge on any atom is -0.457 e. The zero-order valence-electron chi connectivity index (χ0n) is 9.77. The van der Waals surface area contributed by atoms with Gasteiger partial charge < -0.3 is 15.6 Å². The van der Waals surface area contributed by atoms with Crippen molar-refractivity contribution in [3.63, 3.8) is 0 Å². The molecule has 2 aromatic rings. The van der Waals surface area contributed by atoms with Crippen molar-refractivity contribution in [3.8, 4) is 11.5 Å². The van der Waals surface area contributed by atoms with E-state index < -0.39 is 0 Å². The smallest absolute Gasteiger partial charge is 0.132 e. The molecule has 0 saturated heterocycles. The molecule has 0 aliphatic heterocycles. The van der Waals surface area contributed by atoms with Gasteiger partial charge in [-0.3, -0.25) is 0 Å². The van der Waals surface area contributed by atoms with E-state index in [0.29, 0.717) is 23.1 Å². The number of aliphatic hydroxyl groups excluding tert-OH is 1. The zero-order valence-corrected chi connectivity index (χ0v) is 10.5. The third-order valence-electron chi connectivity index (χ3n) is 2.55. The summed E-state index contributed by atoms with van der Waals surface area (Å²) in [4.78, 5) is 0. The number of aliphatic hydroxyl groups is 1. The molecule has 0 spiro atoms. The molecule has 3 N–H and O–H groups in total. The SMILES string of the molecule is NCc1cc(Cl)ccc1Oc1cccc(CO)c1. The molecule has 0 aliphatic rings. The molecule has 3 nitrogen and oxygen atoms in total.